The summed E-state index contributed by atoms with van der Waals surface area (Å²) in [6.45, 7) is 0. The first-order valence-electron chi connectivity index (χ1n) is 20.8. The lowest BCUT2D eigenvalue weighted by Gasteiger charge is -2.32. The number of benzene rings is 9. The maximum atomic E-state index is 6.28. The van der Waals surface area contributed by atoms with Gasteiger partial charge in [0.2, 0.25) is 0 Å². The minimum absolute atomic E-state index is 0.298. The van der Waals surface area contributed by atoms with Gasteiger partial charge in [-0.2, -0.15) is 0 Å². The Hall–Kier alpha value is -7.68. The summed E-state index contributed by atoms with van der Waals surface area (Å²) in [5.41, 5.74) is 15.2. The van der Waals surface area contributed by atoms with Crippen molar-refractivity contribution in [3.8, 4) is 22.3 Å². The van der Waals surface area contributed by atoms with Crippen molar-refractivity contribution in [2.24, 2.45) is 5.92 Å². The van der Waals surface area contributed by atoms with E-state index >= 15 is 0 Å². The van der Waals surface area contributed by atoms with Crippen molar-refractivity contribution in [1.82, 2.24) is 0 Å². The minimum Gasteiger partial charge on any atom is -0.456 e. The van der Waals surface area contributed by atoms with E-state index in [9.17, 15) is 0 Å². The summed E-state index contributed by atoms with van der Waals surface area (Å²) in [5.74, 6) is 0.634. The third kappa shape index (κ3) is 5.88. The van der Waals surface area contributed by atoms with Gasteiger partial charge in [-0.15, -0.1) is 0 Å². The molecule has 60 heavy (non-hydrogen) atoms. The molecule has 2 aliphatic carbocycles. The van der Waals surface area contributed by atoms with E-state index in [1.807, 2.05) is 12.1 Å². The quantitative estimate of drug-likeness (QED) is 0.168. The lowest BCUT2D eigenvalue weighted by molar-refractivity contribution is 0.669. The number of nitrogens with zero attached hydrogens (tertiary/aromatic N) is 1. The summed E-state index contributed by atoms with van der Waals surface area (Å²) in [5, 5.41) is 6.98. The second-order valence-corrected chi connectivity index (χ2v) is 16.1. The molecule has 2 heteroatoms. The zero-order chi connectivity index (χ0) is 39.6. The lowest BCUT2D eigenvalue weighted by atomic mass is 9.71. The fourth-order valence-corrected chi connectivity index (χ4v) is 9.62. The normalized spacial score (nSPS) is 15.6. The second kappa shape index (κ2) is 14.0. The summed E-state index contributed by atoms with van der Waals surface area (Å²) < 4.78 is 6.28. The molecule has 1 aromatic heterocycles. The number of hydrogen-bond donors (Lipinski definition) is 0. The highest BCUT2D eigenvalue weighted by atomic mass is 16.3. The Morgan fingerprint density at radius 3 is 1.90 bits per heavy atom. The highest BCUT2D eigenvalue weighted by Crippen LogP contribution is 2.47. The van der Waals surface area contributed by atoms with Crippen LogP contribution < -0.4 is 4.90 Å². The molecular formula is C58H39NO. The van der Waals surface area contributed by atoms with Crippen LogP contribution in [0.4, 0.5) is 17.1 Å². The van der Waals surface area contributed by atoms with E-state index in [2.05, 4.69) is 217 Å². The maximum absolute atomic E-state index is 6.28. The van der Waals surface area contributed by atoms with E-state index < -0.39 is 0 Å². The molecule has 0 spiro atoms. The van der Waals surface area contributed by atoms with Crippen LogP contribution in [0.2, 0.25) is 0 Å². The summed E-state index contributed by atoms with van der Waals surface area (Å²) >= 11 is 0. The zero-order valence-electron chi connectivity index (χ0n) is 32.9. The molecule has 12 rings (SSSR count). The van der Waals surface area contributed by atoms with Crippen LogP contribution in [0.1, 0.15) is 22.6 Å². The van der Waals surface area contributed by atoms with Crippen molar-refractivity contribution < 1.29 is 4.42 Å². The van der Waals surface area contributed by atoms with Gasteiger partial charge in [-0.05, 0) is 133 Å². The summed E-state index contributed by atoms with van der Waals surface area (Å²) in [7, 11) is 0. The predicted molar refractivity (Wildman–Crippen MR) is 253 cm³/mol. The van der Waals surface area contributed by atoms with Crippen LogP contribution in [-0.4, -0.2) is 0 Å². The van der Waals surface area contributed by atoms with Crippen LogP contribution in [0, 0.1) is 5.92 Å². The molecular weight excluding hydrogens is 727 g/mol. The third-order valence-corrected chi connectivity index (χ3v) is 12.6. The predicted octanol–water partition coefficient (Wildman–Crippen LogP) is 16.1. The van der Waals surface area contributed by atoms with Gasteiger partial charge in [-0.25, -0.2) is 0 Å². The van der Waals surface area contributed by atoms with Crippen molar-refractivity contribution in [3.63, 3.8) is 0 Å². The smallest absolute Gasteiger partial charge is 0.136 e. The number of para-hydroxylation sites is 1. The van der Waals surface area contributed by atoms with Crippen molar-refractivity contribution in [3.05, 3.63) is 235 Å². The van der Waals surface area contributed by atoms with Gasteiger partial charge < -0.3 is 9.32 Å². The monoisotopic (exact) mass is 765 g/mol. The van der Waals surface area contributed by atoms with Gasteiger partial charge in [0.05, 0.1) is 0 Å². The highest BCUT2D eigenvalue weighted by molar-refractivity contribution is 6.10. The molecule has 0 fully saturated rings. The van der Waals surface area contributed by atoms with E-state index in [1.54, 1.807) is 0 Å². The molecule has 2 aliphatic rings. The fourth-order valence-electron chi connectivity index (χ4n) is 9.62. The van der Waals surface area contributed by atoms with Gasteiger partial charge in [-0.1, -0.05) is 158 Å². The van der Waals surface area contributed by atoms with Crippen LogP contribution >= 0.6 is 0 Å². The largest absolute Gasteiger partial charge is 0.456 e. The first-order chi connectivity index (χ1) is 29.7. The van der Waals surface area contributed by atoms with Crippen LogP contribution in [-0.2, 0) is 0 Å². The van der Waals surface area contributed by atoms with Gasteiger partial charge in [0, 0.05) is 39.7 Å². The van der Waals surface area contributed by atoms with E-state index in [-0.39, 0.29) is 0 Å². The molecule has 0 N–H and O–H groups in total. The molecule has 0 radical (unpaired) electrons. The topological polar surface area (TPSA) is 16.4 Å². The van der Waals surface area contributed by atoms with Crippen molar-refractivity contribution in [1.29, 1.82) is 0 Å². The number of fused-ring (bicyclic) bond motifs is 8. The Morgan fingerprint density at radius 1 is 0.367 bits per heavy atom. The second-order valence-electron chi connectivity index (χ2n) is 16.1. The third-order valence-electron chi connectivity index (χ3n) is 12.6. The van der Waals surface area contributed by atoms with Gasteiger partial charge in [-0.3, -0.25) is 0 Å². The number of anilines is 3. The van der Waals surface area contributed by atoms with Crippen molar-refractivity contribution in [2.45, 2.75) is 5.92 Å². The van der Waals surface area contributed by atoms with Crippen molar-refractivity contribution in [2.75, 3.05) is 4.90 Å². The first-order valence-corrected chi connectivity index (χ1v) is 20.8. The summed E-state index contributed by atoms with van der Waals surface area (Å²) in [6.07, 6.45) is 11.5. The van der Waals surface area contributed by atoms with E-state index in [0.29, 0.717) is 11.8 Å². The molecule has 2 atom stereocenters. The average molecular weight is 766 g/mol. The number of rotatable bonds is 6. The van der Waals surface area contributed by atoms with Crippen LogP contribution in [0.5, 0.6) is 0 Å². The SMILES string of the molecule is C1=CC2C(c3cccc(-c4cccc(N(c5ccc6ccc(-c7ccccc7)cc6c5)c5ccc6cc7oc8ccccc8c7cc6c5)c4)c3)=Cc3ccccc3C2C=C1. The summed E-state index contributed by atoms with van der Waals surface area (Å²) in [6, 6.07) is 70.8. The minimum atomic E-state index is 0.298. The molecule has 0 saturated heterocycles. The van der Waals surface area contributed by atoms with Gasteiger partial charge >= 0.3 is 0 Å². The Bertz CT molecular complexity index is 3400. The van der Waals surface area contributed by atoms with Crippen LogP contribution in [0.15, 0.2) is 223 Å². The fraction of sp³-hybridized carbons (Fsp3) is 0.0345. The molecule has 0 bridgehead atoms. The molecule has 2 nitrogen and oxygen atoms in total. The highest BCUT2D eigenvalue weighted by Gasteiger charge is 2.30. The van der Waals surface area contributed by atoms with Crippen molar-refractivity contribution >= 4 is 72.2 Å². The zero-order valence-corrected chi connectivity index (χ0v) is 32.9. The van der Waals surface area contributed by atoms with Gasteiger partial charge in [0.15, 0.2) is 0 Å². The number of furan rings is 1. The molecule has 0 saturated carbocycles. The van der Waals surface area contributed by atoms with E-state index in [0.717, 1.165) is 44.4 Å². The number of allylic oxidation sites excluding steroid dienone is 5. The van der Waals surface area contributed by atoms with Crippen LogP contribution in [0.3, 0.4) is 0 Å². The maximum Gasteiger partial charge on any atom is 0.136 e. The van der Waals surface area contributed by atoms with Crippen LogP contribution in [0.25, 0.3) is 77.4 Å². The average Bonchev–Trinajstić information content (AvgIpc) is 3.68. The molecule has 1 heterocycles. The van der Waals surface area contributed by atoms with Gasteiger partial charge in [0.1, 0.15) is 11.2 Å². The molecule has 0 aliphatic heterocycles. The molecule has 10 aromatic rings. The Balaban J connectivity index is 0.997. The summed E-state index contributed by atoms with van der Waals surface area (Å²) in [4.78, 5) is 2.41. The molecule has 9 aromatic carbocycles. The molecule has 282 valence electrons. The standard InChI is InChI=1S/C58H39NO/c1-2-12-38(13-3-1)42-25-24-39-26-28-49(33-46(39)31-42)59(50-29-27-43-37-58-56(36-47(43)34-50)54-22-8-9-23-57(54)60-58)48-18-11-16-41(32-48)40-15-10-17-44(30-40)55-35-45-14-4-5-19-51(45)52-20-6-7-21-53(52)55/h1-37,52-53H. The first kappa shape index (κ1) is 34.4. The number of hydrogen-bond acceptors (Lipinski definition) is 2. The Morgan fingerprint density at radius 2 is 1.02 bits per heavy atom. The molecule has 0 amide bonds. The molecule has 2 unspecified atom stereocenters. The Labute approximate surface area is 349 Å². The van der Waals surface area contributed by atoms with Gasteiger partial charge in [0.25, 0.3) is 0 Å². The lowest BCUT2D eigenvalue weighted by Crippen LogP contribution is -2.17. The van der Waals surface area contributed by atoms with E-state index in [4.69, 9.17) is 4.42 Å². The Kier molecular flexibility index (Phi) is 8.02. The van der Waals surface area contributed by atoms with E-state index in [1.165, 1.54) is 60.7 Å².